The molecule has 0 radical (unpaired) electrons. The van der Waals surface area contributed by atoms with Crippen molar-refractivity contribution < 1.29 is 0 Å². The van der Waals surface area contributed by atoms with Gasteiger partial charge in [0.2, 0.25) is 0 Å². The Morgan fingerprint density at radius 2 is 2.25 bits per heavy atom. The zero-order chi connectivity index (χ0) is 11.2. The summed E-state index contributed by atoms with van der Waals surface area (Å²) < 4.78 is 0. The van der Waals surface area contributed by atoms with Crippen molar-refractivity contribution in [3.05, 3.63) is 36.2 Å². The van der Waals surface area contributed by atoms with Crippen molar-refractivity contribution in [2.75, 3.05) is 6.54 Å². The summed E-state index contributed by atoms with van der Waals surface area (Å²) >= 11 is 0. The molecular weight excluding hydrogens is 196 g/mol. The molecule has 2 heterocycles. The summed E-state index contributed by atoms with van der Waals surface area (Å²) in [6.45, 7) is 3.45. The van der Waals surface area contributed by atoms with Crippen LogP contribution in [0.5, 0.6) is 0 Å². The third kappa shape index (κ3) is 3.17. The molecule has 1 saturated heterocycles. The molecule has 0 saturated carbocycles. The van der Waals surface area contributed by atoms with Gasteiger partial charge in [-0.1, -0.05) is 25.5 Å². The third-order valence-electron chi connectivity index (χ3n) is 3.35. The van der Waals surface area contributed by atoms with E-state index in [1.807, 2.05) is 24.5 Å². The molecule has 0 bridgehead atoms. The number of hydrogen-bond donors (Lipinski definition) is 1. The molecule has 1 fully saturated rings. The summed E-state index contributed by atoms with van der Waals surface area (Å²) in [4.78, 5) is 4.02. The molecule has 0 amide bonds. The summed E-state index contributed by atoms with van der Waals surface area (Å²) in [5, 5.41) is 3.55. The Morgan fingerprint density at radius 1 is 1.44 bits per heavy atom. The lowest BCUT2D eigenvalue weighted by Crippen LogP contribution is -2.36. The molecule has 2 heteroatoms. The van der Waals surface area contributed by atoms with E-state index >= 15 is 0 Å². The molecule has 2 atom stereocenters. The van der Waals surface area contributed by atoms with Crippen molar-refractivity contribution >= 4 is 6.08 Å². The first-order valence-corrected chi connectivity index (χ1v) is 6.20. The van der Waals surface area contributed by atoms with Gasteiger partial charge in [0.05, 0.1) is 0 Å². The number of piperidine rings is 1. The van der Waals surface area contributed by atoms with E-state index in [1.165, 1.54) is 24.8 Å². The number of nitrogens with one attached hydrogen (secondary N) is 1. The molecule has 16 heavy (non-hydrogen) atoms. The van der Waals surface area contributed by atoms with Crippen molar-refractivity contribution in [3.63, 3.8) is 0 Å². The lowest BCUT2D eigenvalue weighted by Gasteiger charge is -2.27. The topological polar surface area (TPSA) is 24.9 Å². The largest absolute Gasteiger partial charge is 0.310 e. The Balaban J connectivity index is 1.91. The maximum absolute atomic E-state index is 4.02. The Bertz CT molecular complexity index is 332. The number of aromatic nitrogens is 1. The average Bonchev–Trinajstić information content (AvgIpc) is 2.38. The predicted octanol–water partition coefficient (Wildman–Crippen LogP) is 2.87. The molecular formula is C14H20N2. The van der Waals surface area contributed by atoms with Crippen LogP contribution in [0.15, 0.2) is 30.6 Å². The van der Waals surface area contributed by atoms with Crippen LogP contribution in [0.4, 0.5) is 0 Å². The highest BCUT2D eigenvalue weighted by molar-refractivity contribution is 5.48. The van der Waals surface area contributed by atoms with Gasteiger partial charge in [0.1, 0.15) is 0 Å². The first kappa shape index (κ1) is 11.3. The number of hydrogen-bond acceptors (Lipinski definition) is 2. The second-order valence-corrected chi connectivity index (χ2v) is 4.50. The fraction of sp³-hybridized carbons (Fsp3) is 0.500. The van der Waals surface area contributed by atoms with Crippen LogP contribution >= 0.6 is 0 Å². The van der Waals surface area contributed by atoms with Crippen LogP contribution in [0.2, 0.25) is 0 Å². The van der Waals surface area contributed by atoms with E-state index in [1.54, 1.807) is 0 Å². The third-order valence-corrected chi connectivity index (χ3v) is 3.35. The lowest BCUT2D eigenvalue weighted by atomic mass is 9.90. The van der Waals surface area contributed by atoms with E-state index in [4.69, 9.17) is 0 Å². The normalized spacial score (nSPS) is 26.1. The van der Waals surface area contributed by atoms with Gasteiger partial charge in [0.15, 0.2) is 0 Å². The van der Waals surface area contributed by atoms with Gasteiger partial charge >= 0.3 is 0 Å². The van der Waals surface area contributed by atoms with Crippen LogP contribution in [0.1, 0.15) is 31.7 Å². The molecule has 0 spiro atoms. The van der Waals surface area contributed by atoms with Crippen molar-refractivity contribution in [2.24, 2.45) is 5.92 Å². The Morgan fingerprint density at radius 3 is 3.00 bits per heavy atom. The van der Waals surface area contributed by atoms with Gasteiger partial charge < -0.3 is 5.32 Å². The maximum atomic E-state index is 4.02. The van der Waals surface area contributed by atoms with E-state index in [2.05, 4.69) is 29.4 Å². The molecule has 0 aliphatic carbocycles. The summed E-state index contributed by atoms with van der Waals surface area (Å²) in [7, 11) is 0. The highest BCUT2D eigenvalue weighted by Crippen LogP contribution is 2.20. The van der Waals surface area contributed by atoms with Gasteiger partial charge in [-0.3, -0.25) is 4.98 Å². The molecule has 2 rings (SSSR count). The van der Waals surface area contributed by atoms with Gasteiger partial charge in [-0.15, -0.1) is 0 Å². The smallest absolute Gasteiger partial charge is 0.0273 e. The fourth-order valence-corrected chi connectivity index (χ4v) is 2.25. The predicted molar refractivity (Wildman–Crippen MR) is 68.1 cm³/mol. The van der Waals surface area contributed by atoms with Gasteiger partial charge in [-0.2, -0.15) is 0 Å². The van der Waals surface area contributed by atoms with Gasteiger partial charge in [0, 0.05) is 18.4 Å². The zero-order valence-electron chi connectivity index (χ0n) is 9.89. The molecule has 2 nitrogen and oxygen atoms in total. The molecule has 86 valence electrons. The van der Waals surface area contributed by atoms with Crippen molar-refractivity contribution in [2.45, 2.75) is 32.2 Å². The molecule has 1 N–H and O–H groups in total. The quantitative estimate of drug-likeness (QED) is 0.840. The molecule has 1 aromatic rings. The summed E-state index contributed by atoms with van der Waals surface area (Å²) in [6, 6.07) is 4.62. The standard InChI is InChI=1S/C14H20N2/c1-2-12-7-10-16-14(11-12)4-3-13-5-8-15-9-6-13/h3-6,8-9,12,14,16H,2,7,10-11H2,1H3/b4-3+. The van der Waals surface area contributed by atoms with Crippen molar-refractivity contribution in [1.29, 1.82) is 0 Å². The zero-order valence-corrected chi connectivity index (χ0v) is 9.89. The first-order chi connectivity index (χ1) is 7.88. The number of nitrogens with zero attached hydrogens (tertiary/aromatic N) is 1. The molecule has 2 unspecified atom stereocenters. The molecule has 1 aliphatic heterocycles. The van der Waals surface area contributed by atoms with Gasteiger partial charge in [-0.05, 0) is 43.0 Å². The molecule has 1 aliphatic rings. The molecule has 0 aromatic carbocycles. The van der Waals surface area contributed by atoms with E-state index in [0.717, 1.165) is 12.5 Å². The fourth-order valence-electron chi connectivity index (χ4n) is 2.25. The van der Waals surface area contributed by atoms with E-state index in [9.17, 15) is 0 Å². The minimum atomic E-state index is 0.548. The van der Waals surface area contributed by atoms with Gasteiger partial charge in [0.25, 0.3) is 0 Å². The van der Waals surface area contributed by atoms with Crippen LogP contribution in [0.25, 0.3) is 6.08 Å². The first-order valence-electron chi connectivity index (χ1n) is 6.20. The second-order valence-electron chi connectivity index (χ2n) is 4.50. The van der Waals surface area contributed by atoms with Crippen molar-refractivity contribution in [1.82, 2.24) is 10.3 Å². The van der Waals surface area contributed by atoms with Gasteiger partial charge in [-0.25, -0.2) is 0 Å². The van der Waals surface area contributed by atoms with E-state index < -0.39 is 0 Å². The summed E-state index contributed by atoms with van der Waals surface area (Å²) in [6.07, 6.45) is 12.1. The maximum Gasteiger partial charge on any atom is 0.0273 e. The van der Waals surface area contributed by atoms with Crippen LogP contribution in [-0.2, 0) is 0 Å². The molecule has 1 aromatic heterocycles. The summed E-state index contributed by atoms with van der Waals surface area (Å²) in [5.74, 6) is 0.897. The monoisotopic (exact) mass is 216 g/mol. The van der Waals surface area contributed by atoms with E-state index in [-0.39, 0.29) is 0 Å². The van der Waals surface area contributed by atoms with Crippen LogP contribution in [-0.4, -0.2) is 17.6 Å². The highest BCUT2D eigenvalue weighted by Gasteiger charge is 2.17. The number of pyridine rings is 1. The van der Waals surface area contributed by atoms with Crippen LogP contribution in [0.3, 0.4) is 0 Å². The number of rotatable bonds is 3. The lowest BCUT2D eigenvalue weighted by molar-refractivity contribution is 0.326. The van der Waals surface area contributed by atoms with Crippen molar-refractivity contribution in [3.8, 4) is 0 Å². The average molecular weight is 216 g/mol. The Labute approximate surface area is 97.8 Å². The Kier molecular flexibility index (Phi) is 4.11. The van der Waals surface area contributed by atoms with Crippen LogP contribution < -0.4 is 5.32 Å². The minimum Gasteiger partial charge on any atom is -0.310 e. The SMILES string of the molecule is CCC1CCNC(/C=C/c2ccncc2)C1. The second kappa shape index (κ2) is 5.80. The highest BCUT2D eigenvalue weighted by atomic mass is 14.9. The minimum absolute atomic E-state index is 0.548. The summed E-state index contributed by atoms with van der Waals surface area (Å²) in [5.41, 5.74) is 1.23. The van der Waals surface area contributed by atoms with Crippen LogP contribution in [0, 0.1) is 5.92 Å². The van der Waals surface area contributed by atoms with E-state index in [0.29, 0.717) is 6.04 Å². The Hall–Kier alpha value is -1.15.